The van der Waals surface area contributed by atoms with Crippen molar-refractivity contribution >= 4 is 50.0 Å². The number of aliphatic imine (C=N–C) groups is 2. The van der Waals surface area contributed by atoms with Gasteiger partial charge in [-0.2, -0.15) is 0 Å². The number of allylic oxidation sites excluding steroid dienone is 1. The Hall–Kier alpha value is -7.24. The van der Waals surface area contributed by atoms with Gasteiger partial charge in [-0.05, 0) is 35.4 Å². The fourth-order valence-electron chi connectivity index (χ4n) is 8.64. The summed E-state index contributed by atoms with van der Waals surface area (Å²) >= 11 is 0. The highest BCUT2D eigenvalue weighted by Gasteiger charge is 2.33. The normalized spacial score (nSPS) is 16.6. The zero-order valence-corrected chi connectivity index (χ0v) is 30.5. The second kappa shape index (κ2) is 13.3. The Kier molecular flexibility index (Phi) is 7.62. The zero-order valence-electron chi connectivity index (χ0n) is 30.5. The molecule has 3 heterocycles. The first kappa shape index (κ1) is 32.2. The lowest BCUT2D eigenvalue weighted by molar-refractivity contribution is 0.530. The molecular formula is C51H36N4O. The highest BCUT2D eigenvalue weighted by atomic mass is 16.3. The maximum absolute atomic E-state index is 7.09. The molecule has 56 heavy (non-hydrogen) atoms. The molecule has 2 aromatic heterocycles. The van der Waals surface area contributed by atoms with Crippen molar-refractivity contribution in [1.82, 2.24) is 9.88 Å². The maximum atomic E-state index is 7.09. The van der Waals surface area contributed by atoms with Crippen LogP contribution < -0.4 is 5.32 Å². The first-order chi connectivity index (χ1) is 27.8. The summed E-state index contributed by atoms with van der Waals surface area (Å²) in [5, 5.41) is 7.33. The molecular weight excluding hydrogens is 685 g/mol. The van der Waals surface area contributed by atoms with E-state index in [-0.39, 0.29) is 5.92 Å². The Morgan fingerprint density at radius 3 is 1.91 bits per heavy atom. The Morgan fingerprint density at radius 1 is 0.571 bits per heavy atom. The molecule has 9 aromatic rings. The average Bonchev–Trinajstić information content (AvgIpc) is 3.83. The number of para-hydroxylation sites is 3. The van der Waals surface area contributed by atoms with E-state index in [0.717, 1.165) is 68.1 Å². The van der Waals surface area contributed by atoms with E-state index in [1.807, 2.05) is 36.4 Å². The predicted octanol–water partition coefficient (Wildman–Crippen LogP) is 11.7. The van der Waals surface area contributed by atoms with Crippen LogP contribution in [0.15, 0.2) is 202 Å². The number of hydrogen-bond acceptors (Lipinski definition) is 4. The summed E-state index contributed by atoms with van der Waals surface area (Å²) in [5.74, 6) is 2.58. The number of fused-ring (bicyclic) bond motifs is 6. The highest BCUT2D eigenvalue weighted by molar-refractivity contribution is 6.14. The van der Waals surface area contributed by atoms with Gasteiger partial charge in [-0.15, -0.1) is 0 Å². The van der Waals surface area contributed by atoms with Crippen molar-refractivity contribution in [1.29, 1.82) is 0 Å². The van der Waals surface area contributed by atoms with Gasteiger partial charge in [0, 0.05) is 62.0 Å². The minimum atomic E-state index is -0.397. The molecule has 0 bridgehead atoms. The summed E-state index contributed by atoms with van der Waals surface area (Å²) in [4.78, 5) is 10.4. The topological polar surface area (TPSA) is 54.8 Å². The van der Waals surface area contributed by atoms with Gasteiger partial charge >= 0.3 is 0 Å². The molecule has 11 rings (SSSR count). The van der Waals surface area contributed by atoms with Crippen LogP contribution in [0.1, 0.15) is 33.9 Å². The molecule has 0 radical (unpaired) electrons. The summed E-state index contributed by atoms with van der Waals surface area (Å²) in [6, 6.07) is 64.0. The quantitative estimate of drug-likeness (QED) is 0.186. The molecule has 1 aliphatic carbocycles. The minimum Gasteiger partial charge on any atom is -0.460 e. The van der Waals surface area contributed by atoms with E-state index in [2.05, 4.69) is 162 Å². The molecule has 0 saturated carbocycles. The molecule has 2 aliphatic rings. The van der Waals surface area contributed by atoms with Crippen LogP contribution in [0.3, 0.4) is 0 Å². The fraction of sp³-hybridized carbons (Fsp3) is 0.0588. The SMILES string of the molecule is C1=C(C2N=C(c3ccccc3)N=C(c3ccccc3)N2)c2c(oc3c(-c4cccc(-n5c6ccccc6c6ccccc65)c4)cccc23)CC1c1ccccc1. The number of nitrogens with one attached hydrogen (secondary N) is 1. The lowest BCUT2D eigenvalue weighted by atomic mass is 9.82. The van der Waals surface area contributed by atoms with Crippen LogP contribution in [0, 0.1) is 0 Å². The van der Waals surface area contributed by atoms with Gasteiger partial charge < -0.3 is 14.3 Å². The van der Waals surface area contributed by atoms with Crippen LogP contribution in [0.25, 0.3) is 55.2 Å². The molecule has 5 nitrogen and oxygen atoms in total. The van der Waals surface area contributed by atoms with Gasteiger partial charge in [0.15, 0.2) is 5.84 Å². The van der Waals surface area contributed by atoms with E-state index < -0.39 is 6.17 Å². The van der Waals surface area contributed by atoms with Gasteiger partial charge in [0.2, 0.25) is 0 Å². The minimum absolute atomic E-state index is 0.109. The third-order valence-corrected chi connectivity index (χ3v) is 11.2. The van der Waals surface area contributed by atoms with Gasteiger partial charge in [-0.3, -0.25) is 0 Å². The van der Waals surface area contributed by atoms with E-state index in [1.165, 1.54) is 27.4 Å². The third-order valence-electron chi connectivity index (χ3n) is 11.2. The Bertz CT molecular complexity index is 2970. The van der Waals surface area contributed by atoms with Gasteiger partial charge in [0.1, 0.15) is 23.3 Å². The van der Waals surface area contributed by atoms with Gasteiger partial charge in [0.25, 0.3) is 0 Å². The van der Waals surface area contributed by atoms with Gasteiger partial charge in [0.05, 0.1) is 11.0 Å². The van der Waals surface area contributed by atoms with Crippen molar-refractivity contribution in [3.63, 3.8) is 0 Å². The first-order valence-electron chi connectivity index (χ1n) is 19.2. The molecule has 0 amide bonds. The van der Waals surface area contributed by atoms with E-state index in [4.69, 9.17) is 14.4 Å². The summed E-state index contributed by atoms with van der Waals surface area (Å²) in [5.41, 5.74) is 12.0. The molecule has 1 aliphatic heterocycles. The number of benzene rings is 7. The first-order valence-corrected chi connectivity index (χ1v) is 19.2. The molecule has 266 valence electrons. The predicted molar refractivity (Wildman–Crippen MR) is 230 cm³/mol. The number of rotatable bonds is 6. The molecule has 0 saturated heterocycles. The average molecular weight is 721 g/mol. The number of aromatic nitrogens is 1. The maximum Gasteiger partial charge on any atom is 0.159 e. The van der Waals surface area contributed by atoms with Crippen LogP contribution >= 0.6 is 0 Å². The van der Waals surface area contributed by atoms with Crippen LogP contribution in [-0.2, 0) is 6.42 Å². The highest BCUT2D eigenvalue weighted by Crippen LogP contribution is 2.45. The van der Waals surface area contributed by atoms with E-state index in [1.54, 1.807) is 0 Å². The number of hydrogen-bond donors (Lipinski definition) is 1. The Balaban J connectivity index is 1.08. The van der Waals surface area contributed by atoms with E-state index >= 15 is 0 Å². The molecule has 2 unspecified atom stereocenters. The number of furan rings is 1. The molecule has 0 fully saturated rings. The van der Waals surface area contributed by atoms with Crippen LogP contribution in [-0.4, -0.2) is 22.4 Å². The number of nitrogens with zero attached hydrogens (tertiary/aromatic N) is 3. The molecule has 2 atom stereocenters. The Morgan fingerprint density at radius 2 is 1.18 bits per heavy atom. The summed E-state index contributed by atoms with van der Waals surface area (Å²) in [7, 11) is 0. The largest absolute Gasteiger partial charge is 0.460 e. The van der Waals surface area contributed by atoms with Gasteiger partial charge in [-0.1, -0.05) is 164 Å². The lowest BCUT2D eigenvalue weighted by Gasteiger charge is -2.29. The van der Waals surface area contributed by atoms with Crippen molar-refractivity contribution in [2.45, 2.75) is 18.5 Å². The molecule has 1 N–H and O–H groups in total. The van der Waals surface area contributed by atoms with E-state index in [9.17, 15) is 0 Å². The Labute approximate surface area is 324 Å². The third kappa shape index (κ3) is 5.39. The van der Waals surface area contributed by atoms with Crippen LogP contribution in [0.5, 0.6) is 0 Å². The van der Waals surface area contributed by atoms with Crippen molar-refractivity contribution in [2.24, 2.45) is 9.98 Å². The molecule has 7 aromatic carbocycles. The van der Waals surface area contributed by atoms with Crippen molar-refractivity contribution in [3.05, 3.63) is 216 Å². The van der Waals surface area contributed by atoms with Crippen molar-refractivity contribution < 1.29 is 4.42 Å². The summed E-state index contributed by atoms with van der Waals surface area (Å²) in [6.45, 7) is 0. The lowest BCUT2D eigenvalue weighted by Crippen LogP contribution is -2.40. The van der Waals surface area contributed by atoms with E-state index in [0.29, 0.717) is 5.84 Å². The van der Waals surface area contributed by atoms with Crippen LogP contribution in [0.2, 0.25) is 0 Å². The summed E-state index contributed by atoms with van der Waals surface area (Å²) in [6.07, 6.45) is 2.76. The second-order valence-corrected chi connectivity index (χ2v) is 14.5. The standard InChI is InChI=1S/C51H36N4O/c1-4-16-33(17-5-1)37-31-43(51-53-49(34-18-6-2-7-19-34)52-50(54-51)35-20-8-3-9-21-35)47-42-27-15-26-39(48(42)56-46(47)32-37)36-22-14-23-38(30-36)55-44-28-12-10-24-40(44)41-25-11-13-29-45(41)55/h1-31,37,51H,32H2,(H,52,53,54). The fourth-order valence-corrected chi connectivity index (χ4v) is 8.64. The summed E-state index contributed by atoms with van der Waals surface area (Å²) < 4.78 is 9.46. The van der Waals surface area contributed by atoms with Crippen molar-refractivity contribution in [2.75, 3.05) is 0 Å². The zero-order chi connectivity index (χ0) is 37.0. The van der Waals surface area contributed by atoms with Gasteiger partial charge in [-0.25, -0.2) is 9.98 Å². The second-order valence-electron chi connectivity index (χ2n) is 14.5. The van der Waals surface area contributed by atoms with Crippen molar-refractivity contribution in [3.8, 4) is 16.8 Å². The molecule has 0 spiro atoms. The smallest absolute Gasteiger partial charge is 0.159 e. The van der Waals surface area contributed by atoms with Crippen LogP contribution in [0.4, 0.5) is 0 Å². The monoisotopic (exact) mass is 720 g/mol. The number of amidine groups is 2. The molecule has 5 heteroatoms.